The normalized spacial score (nSPS) is 17.2. The number of ether oxygens (including phenoxy) is 2. The molecule has 2 N–H and O–H groups in total. The summed E-state index contributed by atoms with van der Waals surface area (Å²) < 4.78 is 10.5. The molecule has 2 aromatic rings. The fourth-order valence-electron chi connectivity index (χ4n) is 3.11. The molecule has 25 heavy (non-hydrogen) atoms. The van der Waals surface area contributed by atoms with Gasteiger partial charge in [-0.15, -0.1) is 0 Å². The summed E-state index contributed by atoms with van der Waals surface area (Å²) in [4.78, 5) is 23.5. The van der Waals surface area contributed by atoms with E-state index in [9.17, 15) is 4.79 Å². The van der Waals surface area contributed by atoms with Crippen LogP contribution in [0.3, 0.4) is 0 Å². The van der Waals surface area contributed by atoms with Crippen molar-refractivity contribution in [3.05, 3.63) is 36.0 Å². The largest absolute Gasteiger partial charge is 0.493 e. The molecule has 1 atom stereocenters. The zero-order chi connectivity index (χ0) is 17.8. The number of anilines is 2. The summed E-state index contributed by atoms with van der Waals surface area (Å²) in [6.45, 7) is 1.40. The van der Waals surface area contributed by atoms with E-state index >= 15 is 0 Å². The van der Waals surface area contributed by atoms with Crippen LogP contribution >= 0.6 is 0 Å². The molecule has 132 valence electrons. The number of benzene rings is 1. The first-order valence-electron chi connectivity index (χ1n) is 8.22. The third kappa shape index (κ3) is 3.65. The van der Waals surface area contributed by atoms with E-state index in [0.29, 0.717) is 35.4 Å². The number of piperidine rings is 1. The number of aromatic nitrogens is 2. The first-order valence-corrected chi connectivity index (χ1v) is 8.22. The Kier molecular flexibility index (Phi) is 5.02. The number of carbonyl (C=O) groups is 1. The van der Waals surface area contributed by atoms with Crippen LogP contribution in [-0.2, 0) is 0 Å². The van der Waals surface area contributed by atoms with Gasteiger partial charge in [-0.2, -0.15) is 4.98 Å². The molecule has 3 rings (SSSR count). The van der Waals surface area contributed by atoms with Crippen molar-refractivity contribution in [2.24, 2.45) is 5.92 Å². The Morgan fingerprint density at radius 1 is 1.24 bits per heavy atom. The highest BCUT2D eigenvalue weighted by atomic mass is 16.5. The minimum absolute atomic E-state index is 0.0922. The molecule has 7 nitrogen and oxygen atoms in total. The summed E-state index contributed by atoms with van der Waals surface area (Å²) in [5, 5.41) is 0. The van der Waals surface area contributed by atoms with Crippen molar-refractivity contribution in [2.75, 3.05) is 37.9 Å². The SMILES string of the molecule is COc1ccc(C(=O)C2CCCN(c3nccc(N)n3)C2)cc1OC. The van der Waals surface area contributed by atoms with Crippen molar-refractivity contribution in [1.29, 1.82) is 0 Å². The Morgan fingerprint density at radius 3 is 2.76 bits per heavy atom. The second-order valence-electron chi connectivity index (χ2n) is 6.00. The lowest BCUT2D eigenvalue weighted by Crippen LogP contribution is -2.39. The number of rotatable bonds is 5. The van der Waals surface area contributed by atoms with Gasteiger partial charge in [0, 0.05) is 30.8 Å². The molecule has 0 saturated carbocycles. The Morgan fingerprint density at radius 2 is 2.04 bits per heavy atom. The molecular weight excluding hydrogens is 320 g/mol. The van der Waals surface area contributed by atoms with Crippen LogP contribution in [-0.4, -0.2) is 43.1 Å². The van der Waals surface area contributed by atoms with Gasteiger partial charge in [0.05, 0.1) is 14.2 Å². The highest BCUT2D eigenvalue weighted by Crippen LogP contribution is 2.30. The van der Waals surface area contributed by atoms with E-state index in [1.807, 2.05) is 4.90 Å². The van der Waals surface area contributed by atoms with Crippen LogP contribution in [0.2, 0.25) is 0 Å². The number of hydrogen-bond acceptors (Lipinski definition) is 7. The summed E-state index contributed by atoms with van der Waals surface area (Å²) in [5.74, 6) is 2.15. The maximum atomic E-state index is 12.9. The standard InChI is InChI=1S/C18H22N4O3/c1-24-14-6-5-12(10-15(14)25-2)17(23)13-4-3-9-22(11-13)18-20-8-7-16(19)21-18/h5-8,10,13H,3-4,9,11H2,1-2H3,(H2,19,20,21). The lowest BCUT2D eigenvalue weighted by molar-refractivity contribution is 0.0906. The summed E-state index contributed by atoms with van der Waals surface area (Å²) in [7, 11) is 3.13. The van der Waals surface area contributed by atoms with Gasteiger partial charge in [0.25, 0.3) is 0 Å². The second-order valence-corrected chi connectivity index (χ2v) is 6.00. The monoisotopic (exact) mass is 342 g/mol. The van der Waals surface area contributed by atoms with Crippen molar-refractivity contribution in [3.63, 3.8) is 0 Å². The maximum absolute atomic E-state index is 12.9. The van der Waals surface area contributed by atoms with E-state index < -0.39 is 0 Å². The van der Waals surface area contributed by atoms with Crippen LogP contribution in [0.25, 0.3) is 0 Å². The average Bonchev–Trinajstić information content (AvgIpc) is 2.67. The van der Waals surface area contributed by atoms with Gasteiger partial charge in [-0.05, 0) is 37.1 Å². The zero-order valence-corrected chi connectivity index (χ0v) is 14.4. The predicted octanol–water partition coefficient (Wildman–Crippen LogP) is 2.18. The van der Waals surface area contributed by atoms with E-state index in [-0.39, 0.29) is 11.7 Å². The third-order valence-corrected chi connectivity index (χ3v) is 4.41. The molecule has 1 saturated heterocycles. The highest BCUT2D eigenvalue weighted by Gasteiger charge is 2.28. The number of nitrogens with two attached hydrogens (primary N) is 1. The molecule has 0 radical (unpaired) electrons. The van der Waals surface area contributed by atoms with Gasteiger partial charge in [-0.1, -0.05) is 0 Å². The molecule has 1 fully saturated rings. The Balaban J connectivity index is 1.78. The summed E-state index contributed by atoms with van der Waals surface area (Å²) in [6.07, 6.45) is 3.38. The number of ketones is 1. The number of methoxy groups -OCH3 is 2. The smallest absolute Gasteiger partial charge is 0.227 e. The van der Waals surface area contributed by atoms with Gasteiger partial charge in [0.2, 0.25) is 5.95 Å². The number of Topliss-reactive ketones (excluding diaryl/α,β-unsaturated/α-hetero) is 1. The van der Waals surface area contributed by atoms with Crippen LogP contribution in [0, 0.1) is 5.92 Å². The Labute approximate surface area is 146 Å². The van der Waals surface area contributed by atoms with Gasteiger partial charge >= 0.3 is 0 Å². The first-order chi connectivity index (χ1) is 12.1. The molecule has 1 aromatic heterocycles. The number of nitrogen functional groups attached to an aromatic ring is 1. The zero-order valence-electron chi connectivity index (χ0n) is 14.4. The van der Waals surface area contributed by atoms with Crippen molar-refractivity contribution < 1.29 is 14.3 Å². The predicted molar refractivity (Wildman–Crippen MR) is 95.3 cm³/mol. The molecule has 1 unspecified atom stereocenters. The van der Waals surface area contributed by atoms with Gasteiger partial charge in [-0.25, -0.2) is 4.98 Å². The topological polar surface area (TPSA) is 90.6 Å². The maximum Gasteiger partial charge on any atom is 0.227 e. The van der Waals surface area contributed by atoms with E-state index in [1.54, 1.807) is 44.7 Å². The Hall–Kier alpha value is -2.83. The molecular formula is C18H22N4O3. The lowest BCUT2D eigenvalue weighted by Gasteiger charge is -2.32. The van der Waals surface area contributed by atoms with Gasteiger partial charge in [0.15, 0.2) is 17.3 Å². The van der Waals surface area contributed by atoms with Gasteiger partial charge in [0.1, 0.15) is 5.82 Å². The van der Waals surface area contributed by atoms with Crippen molar-refractivity contribution >= 4 is 17.5 Å². The number of carbonyl (C=O) groups excluding carboxylic acids is 1. The lowest BCUT2D eigenvalue weighted by atomic mass is 9.90. The summed E-state index contributed by atoms with van der Waals surface area (Å²) in [6, 6.07) is 6.92. The molecule has 2 heterocycles. The molecule has 0 amide bonds. The quantitative estimate of drug-likeness (QED) is 0.833. The third-order valence-electron chi connectivity index (χ3n) is 4.41. The molecule has 1 aliphatic heterocycles. The van der Waals surface area contributed by atoms with Crippen molar-refractivity contribution in [3.8, 4) is 11.5 Å². The average molecular weight is 342 g/mol. The van der Waals surface area contributed by atoms with E-state index in [2.05, 4.69) is 9.97 Å². The second kappa shape index (κ2) is 7.38. The fraction of sp³-hybridized carbons (Fsp3) is 0.389. The first kappa shape index (κ1) is 17.0. The van der Waals surface area contributed by atoms with Crippen LogP contribution in [0.5, 0.6) is 11.5 Å². The van der Waals surface area contributed by atoms with Crippen molar-refractivity contribution in [2.45, 2.75) is 12.8 Å². The molecule has 1 aromatic carbocycles. The van der Waals surface area contributed by atoms with Crippen molar-refractivity contribution in [1.82, 2.24) is 9.97 Å². The van der Waals surface area contributed by atoms with E-state index in [0.717, 1.165) is 19.4 Å². The van der Waals surface area contributed by atoms with Crippen LogP contribution in [0.1, 0.15) is 23.2 Å². The fourth-order valence-corrected chi connectivity index (χ4v) is 3.11. The molecule has 0 aliphatic carbocycles. The summed E-state index contributed by atoms with van der Waals surface area (Å²) in [5.41, 5.74) is 6.36. The number of nitrogens with zero attached hydrogens (tertiary/aromatic N) is 3. The van der Waals surface area contributed by atoms with Gasteiger partial charge in [-0.3, -0.25) is 4.79 Å². The minimum atomic E-state index is -0.114. The van der Waals surface area contributed by atoms with Crippen LogP contribution in [0.15, 0.2) is 30.5 Å². The number of hydrogen-bond donors (Lipinski definition) is 1. The van der Waals surface area contributed by atoms with E-state index in [4.69, 9.17) is 15.2 Å². The highest BCUT2D eigenvalue weighted by molar-refractivity contribution is 5.98. The van der Waals surface area contributed by atoms with Crippen LogP contribution in [0.4, 0.5) is 11.8 Å². The molecule has 0 bridgehead atoms. The molecule has 0 spiro atoms. The molecule has 7 heteroatoms. The molecule has 1 aliphatic rings. The minimum Gasteiger partial charge on any atom is -0.493 e. The van der Waals surface area contributed by atoms with Crippen LogP contribution < -0.4 is 20.1 Å². The summed E-state index contributed by atoms with van der Waals surface area (Å²) >= 11 is 0. The Bertz CT molecular complexity index is 766. The van der Waals surface area contributed by atoms with Gasteiger partial charge < -0.3 is 20.1 Å². The van der Waals surface area contributed by atoms with E-state index in [1.165, 1.54) is 0 Å².